The molecular weight excluding hydrogens is 304 g/mol. The smallest absolute Gasteiger partial charge is 0.191 e. The molecule has 0 saturated carbocycles. The fourth-order valence-corrected chi connectivity index (χ4v) is 2.91. The largest absolute Gasteiger partial charge is 0.497 e. The van der Waals surface area contributed by atoms with Crippen LogP contribution in [0, 0.1) is 0 Å². The minimum absolute atomic E-state index is 0.649. The Kier molecular flexibility index (Phi) is 7.68. The van der Waals surface area contributed by atoms with Gasteiger partial charge in [-0.05, 0) is 38.1 Å². The molecule has 1 fully saturated rings. The van der Waals surface area contributed by atoms with Crippen molar-refractivity contribution in [3.8, 4) is 11.5 Å². The summed E-state index contributed by atoms with van der Waals surface area (Å²) < 4.78 is 10.7. The van der Waals surface area contributed by atoms with Gasteiger partial charge in [-0.3, -0.25) is 4.99 Å². The molecule has 0 amide bonds. The quantitative estimate of drug-likeness (QED) is 0.589. The van der Waals surface area contributed by atoms with E-state index in [9.17, 15) is 0 Å². The molecule has 2 N–H and O–H groups in total. The number of guanidine groups is 1. The number of rotatable bonds is 7. The Balaban J connectivity index is 1.78. The van der Waals surface area contributed by atoms with Crippen LogP contribution in [-0.4, -0.2) is 58.3 Å². The van der Waals surface area contributed by atoms with Gasteiger partial charge in [-0.2, -0.15) is 0 Å². The lowest BCUT2D eigenvalue weighted by molar-refractivity contribution is 0.232. The number of methoxy groups -OCH3 is 2. The Labute approximate surface area is 145 Å². The fraction of sp³-hybridized carbons (Fsp3) is 0.611. The van der Waals surface area contributed by atoms with Gasteiger partial charge in [-0.1, -0.05) is 6.42 Å². The van der Waals surface area contributed by atoms with Gasteiger partial charge in [0.2, 0.25) is 0 Å². The van der Waals surface area contributed by atoms with Crippen molar-refractivity contribution in [1.29, 1.82) is 0 Å². The molecule has 1 aliphatic heterocycles. The van der Waals surface area contributed by atoms with Gasteiger partial charge in [0.25, 0.3) is 0 Å². The second-order valence-corrected chi connectivity index (χ2v) is 5.93. The third-order valence-electron chi connectivity index (χ3n) is 4.33. The Morgan fingerprint density at radius 1 is 1.12 bits per heavy atom. The van der Waals surface area contributed by atoms with Crippen LogP contribution in [0.4, 0.5) is 0 Å². The number of piperidine rings is 1. The van der Waals surface area contributed by atoms with Crippen LogP contribution >= 0.6 is 0 Å². The van der Waals surface area contributed by atoms with Crippen molar-refractivity contribution in [2.45, 2.75) is 25.8 Å². The van der Waals surface area contributed by atoms with Crippen LogP contribution in [0.1, 0.15) is 24.8 Å². The van der Waals surface area contributed by atoms with E-state index in [1.165, 1.54) is 32.4 Å². The van der Waals surface area contributed by atoms with Gasteiger partial charge in [-0.15, -0.1) is 0 Å². The number of likely N-dealkylation sites (tertiary alicyclic amines) is 1. The minimum Gasteiger partial charge on any atom is -0.497 e. The summed E-state index contributed by atoms with van der Waals surface area (Å²) in [5.74, 6) is 2.41. The molecule has 6 nitrogen and oxygen atoms in total. The highest BCUT2D eigenvalue weighted by atomic mass is 16.5. The number of ether oxygens (including phenoxy) is 2. The highest BCUT2D eigenvalue weighted by Gasteiger charge is 2.10. The molecule has 0 unspecified atom stereocenters. The second kappa shape index (κ2) is 10.0. The molecule has 24 heavy (non-hydrogen) atoms. The lowest BCUT2D eigenvalue weighted by atomic mass is 10.1. The summed E-state index contributed by atoms with van der Waals surface area (Å²) in [4.78, 5) is 6.80. The third-order valence-corrected chi connectivity index (χ3v) is 4.33. The number of nitrogens with zero attached hydrogens (tertiary/aromatic N) is 2. The summed E-state index contributed by atoms with van der Waals surface area (Å²) in [6.07, 6.45) is 4.02. The molecule has 0 spiro atoms. The average Bonchev–Trinajstić information content (AvgIpc) is 2.65. The minimum atomic E-state index is 0.649. The molecule has 1 aromatic rings. The molecular formula is C18H30N4O2. The van der Waals surface area contributed by atoms with Crippen molar-refractivity contribution >= 4 is 5.96 Å². The average molecular weight is 334 g/mol. The molecule has 0 radical (unpaired) electrons. The topological polar surface area (TPSA) is 58.1 Å². The van der Waals surface area contributed by atoms with Gasteiger partial charge in [0, 0.05) is 38.3 Å². The predicted molar refractivity (Wildman–Crippen MR) is 98.0 cm³/mol. The van der Waals surface area contributed by atoms with Crippen LogP contribution in [-0.2, 0) is 6.54 Å². The molecule has 6 heteroatoms. The first-order valence-electron chi connectivity index (χ1n) is 8.64. The van der Waals surface area contributed by atoms with E-state index in [1.807, 2.05) is 18.2 Å². The highest BCUT2D eigenvalue weighted by molar-refractivity contribution is 5.79. The van der Waals surface area contributed by atoms with Crippen LogP contribution in [0.25, 0.3) is 0 Å². The maximum Gasteiger partial charge on any atom is 0.191 e. The van der Waals surface area contributed by atoms with Crippen LogP contribution in [0.2, 0.25) is 0 Å². The maximum atomic E-state index is 5.43. The Morgan fingerprint density at radius 3 is 2.58 bits per heavy atom. The molecule has 0 atom stereocenters. The highest BCUT2D eigenvalue weighted by Crippen LogP contribution is 2.24. The summed E-state index contributed by atoms with van der Waals surface area (Å²) in [6.45, 7) is 5.05. The monoisotopic (exact) mass is 334 g/mol. The van der Waals surface area contributed by atoms with Crippen molar-refractivity contribution < 1.29 is 9.47 Å². The van der Waals surface area contributed by atoms with E-state index in [-0.39, 0.29) is 0 Å². The fourth-order valence-electron chi connectivity index (χ4n) is 2.91. The predicted octanol–water partition coefficient (Wildman–Crippen LogP) is 1.85. The second-order valence-electron chi connectivity index (χ2n) is 5.93. The van der Waals surface area contributed by atoms with E-state index in [0.29, 0.717) is 6.54 Å². The normalized spacial score (nSPS) is 15.9. The molecule has 0 bridgehead atoms. The summed E-state index contributed by atoms with van der Waals surface area (Å²) in [7, 11) is 5.12. The molecule has 1 aromatic carbocycles. The van der Waals surface area contributed by atoms with Gasteiger partial charge >= 0.3 is 0 Å². The zero-order chi connectivity index (χ0) is 17.2. The standard InChI is InChI=1S/C18H30N4O2/c1-19-18(20-9-12-22-10-5-4-6-11-22)21-14-15-7-8-16(23-2)13-17(15)24-3/h7-8,13H,4-6,9-12,14H2,1-3H3,(H2,19,20,21). The number of aliphatic imine (C=N–C) groups is 1. The lowest BCUT2D eigenvalue weighted by Crippen LogP contribution is -2.42. The van der Waals surface area contributed by atoms with E-state index in [0.717, 1.165) is 36.1 Å². The van der Waals surface area contributed by atoms with Gasteiger partial charge < -0.3 is 25.0 Å². The van der Waals surface area contributed by atoms with Gasteiger partial charge in [0.1, 0.15) is 11.5 Å². The molecule has 1 heterocycles. The van der Waals surface area contributed by atoms with Crippen LogP contribution in [0.3, 0.4) is 0 Å². The third kappa shape index (κ3) is 5.60. The molecule has 134 valence electrons. The SMILES string of the molecule is CN=C(NCCN1CCCCC1)NCc1ccc(OC)cc1OC. The van der Waals surface area contributed by atoms with Crippen molar-refractivity contribution in [3.05, 3.63) is 23.8 Å². The summed E-state index contributed by atoms with van der Waals surface area (Å²) >= 11 is 0. The van der Waals surface area contributed by atoms with Gasteiger partial charge in [0.05, 0.1) is 14.2 Å². The molecule has 0 aromatic heterocycles. The van der Waals surface area contributed by atoms with E-state index in [4.69, 9.17) is 9.47 Å². The maximum absolute atomic E-state index is 5.43. The van der Waals surface area contributed by atoms with Gasteiger partial charge in [0.15, 0.2) is 5.96 Å². The van der Waals surface area contributed by atoms with E-state index in [2.05, 4.69) is 20.5 Å². The van der Waals surface area contributed by atoms with E-state index >= 15 is 0 Å². The van der Waals surface area contributed by atoms with Crippen molar-refractivity contribution in [2.75, 3.05) is 47.4 Å². The first-order valence-corrected chi connectivity index (χ1v) is 8.64. The van der Waals surface area contributed by atoms with Crippen molar-refractivity contribution in [1.82, 2.24) is 15.5 Å². The number of hydrogen-bond donors (Lipinski definition) is 2. The number of hydrogen-bond acceptors (Lipinski definition) is 4. The first kappa shape index (κ1) is 18.4. The Hall–Kier alpha value is -1.95. The zero-order valence-electron chi connectivity index (χ0n) is 15.1. The molecule has 1 saturated heterocycles. The summed E-state index contributed by atoms with van der Waals surface area (Å²) in [6, 6.07) is 5.83. The zero-order valence-corrected chi connectivity index (χ0v) is 15.1. The Morgan fingerprint density at radius 2 is 1.92 bits per heavy atom. The van der Waals surface area contributed by atoms with E-state index < -0.39 is 0 Å². The van der Waals surface area contributed by atoms with Crippen LogP contribution < -0.4 is 20.1 Å². The summed E-state index contributed by atoms with van der Waals surface area (Å²) in [5, 5.41) is 6.71. The van der Waals surface area contributed by atoms with Crippen LogP contribution in [0.5, 0.6) is 11.5 Å². The number of benzene rings is 1. The first-order chi connectivity index (χ1) is 11.8. The summed E-state index contributed by atoms with van der Waals surface area (Å²) in [5.41, 5.74) is 1.07. The van der Waals surface area contributed by atoms with Crippen LogP contribution in [0.15, 0.2) is 23.2 Å². The molecule has 0 aliphatic carbocycles. The van der Waals surface area contributed by atoms with Crippen molar-refractivity contribution in [3.63, 3.8) is 0 Å². The van der Waals surface area contributed by atoms with Gasteiger partial charge in [-0.25, -0.2) is 0 Å². The lowest BCUT2D eigenvalue weighted by Gasteiger charge is -2.26. The van der Waals surface area contributed by atoms with E-state index in [1.54, 1.807) is 21.3 Å². The molecule has 2 rings (SSSR count). The van der Waals surface area contributed by atoms with Crippen molar-refractivity contribution in [2.24, 2.45) is 4.99 Å². The molecule has 1 aliphatic rings. The number of nitrogens with one attached hydrogen (secondary N) is 2. The Bertz CT molecular complexity index is 528.